The number of carbonyl (C=O) groups excluding carboxylic acids is 1. The minimum Gasteiger partial charge on any atom is -0.481 e. The summed E-state index contributed by atoms with van der Waals surface area (Å²) in [5, 5.41) is 14.7. The van der Waals surface area contributed by atoms with Gasteiger partial charge in [0.05, 0.1) is 13.7 Å². The lowest BCUT2D eigenvalue weighted by Crippen LogP contribution is -2.23. The van der Waals surface area contributed by atoms with Crippen molar-refractivity contribution in [1.29, 1.82) is 0 Å². The molecule has 0 saturated carbocycles. The van der Waals surface area contributed by atoms with Gasteiger partial charge in [0.25, 0.3) is 5.91 Å². The molecule has 4 rings (SSSR count). The van der Waals surface area contributed by atoms with Gasteiger partial charge in [0, 0.05) is 42.3 Å². The molecule has 10 nitrogen and oxygen atoms in total. The van der Waals surface area contributed by atoms with E-state index in [2.05, 4.69) is 35.8 Å². The molecule has 0 aliphatic rings. The SMILES string of the molecule is COc1nc(C)ccc1CNC(=O)c1cccc(NCc2nnc(-c3ccncn3)n2C)c1. The first-order chi connectivity index (χ1) is 16.0. The number of amides is 1. The van der Waals surface area contributed by atoms with E-state index in [-0.39, 0.29) is 5.91 Å². The number of ether oxygens (including phenoxy) is 1. The molecule has 0 bridgehead atoms. The van der Waals surface area contributed by atoms with Crippen molar-refractivity contribution >= 4 is 11.6 Å². The van der Waals surface area contributed by atoms with Gasteiger partial charge in [-0.3, -0.25) is 4.79 Å². The molecule has 3 heterocycles. The summed E-state index contributed by atoms with van der Waals surface area (Å²) < 4.78 is 7.17. The second-order valence-electron chi connectivity index (χ2n) is 7.33. The quantitative estimate of drug-likeness (QED) is 0.425. The van der Waals surface area contributed by atoms with Crippen molar-refractivity contribution in [3.05, 3.63) is 77.6 Å². The molecule has 0 atom stereocenters. The van der Waals surface area contributed by atoms with E-state index < -0.39 is 0 Å². The lowest BCUT2D eigenvalue weighted by atomic mass is 10.1. The van der Waals surface area contributed by atoms with Crippen LogP contribution in [-0.4, -0.2) is 42.7 Å². The number of methoxy groups -OCH3 is 1. The van der Waals surface area contributed by atoms with E-state index >= 15 is 0 Å². The fourth-order valence-corrected chi connectivity index (χ4v) is 3.26. The van der Waals surface area contributed by atoms with E-state index in [1.54, 1.807) is 31.5 Å². The van der Waals surface area contributed by atoms with Crippen molar-refractivity contribution in [2.45, 2.75) is 20.0 Å². The maximum Gasteiger partial charge on any atom is 0.251 e. The van der Waals surface area contributed by atoms with Crippen LogP contribution in [0.5, 0.6) is 5.88 Å². The second kappa shape index (κ2) is 9.86. The Morgan fingerprint density at radius 3 is 2.79 bits per heavy atom. The van der Waals surface area contributed by atoms with Gasteiger partial charge in [0.2, 0.25) is 5.88 Å². The molecule has 1 amide bonds. The predicted molar refractivity (Wildman–Crippen MR) is 122 cm³/mol. The largest absolute Gasteiger partial charge is 0.481 e. The number of hydrogen-bond acceptors (Lipinski definition) is 8. The van der Waals surface area contributed by atoms with Crippen LogP contribution in [0.2, 0.25) is 0 Å². The molecule has 0 saturated heterocycles. The number of nitrogens with zero attached hydrogens (tertiary/aromatic N) is 6. The number of pyridine rings is 1. The third-order valence-corrected chi connectivity index (χ3v) is 5.06. The average Bonchev–Trinajstić information content (AvgIpc) is 3.22. The molecular formula is C23H24N8O2. The Bertz CT molecular complexity index is 1260. The molecule has 0 aliphatic carbocycles. The van der Waals surface area contributed by atoms with Gasteiger partial charge >= 0.3 is 0 Å². The molecule has 4 aromatic rings. The lowest BCUT2D eigenvalue weighted by molar-refractivity contribution is 0.0950. The average molecular weight is 444 g/mol. The Balaban J connectivity index is 1.39. The molecule has 168 valence electrons. The van der Waals surface area contributed by atoms with Crippen LogP contribution in [0.4, 0.5) is 5.69 Å². The van der Waals surface area contributed by atoms with Crippen LogP contribution in [0.15, 0.2) is 55.0 Å². The Morgan fingerprint density at radius 2 is 2.00 bits per heavy atom. The number of benzene rings is 1. The maximum atomic E-state index is 12.7. The Hall–Kier alpha value is -4.34. The standard InChI is InChI=1S/C23H24N8O2/c1-15-7-8-17(23(28-15)33-3)12-26-22(32)16-5-4-6-18(11-16)25-13-20-29-30-21(31(20)2)19-9-10-24-14-27-19/h4-11,14,25H,12-13H2,1-3H3,(H,26,32). The van der Waals surface area contributed by atoms with Gasteiger partial charge in [0.15, 0.2) is 11.6 Å². The van der Waals surface area contributed by atoms with Crippen LogP contribution in [-0.2, 0) is 20.1 Å². The number of carbonyl (C=O) groups is 1. The first kappa shape index (κ1) is 21.9. The zero-order chi connectivity index (χ0) is 23.2. The summed E-state index contributed by atoms with van der Waals surface area (Å²) in [4.78, 5) is 25.2. The number of aromatic nitrogens is 6. The van der Waals surface area contributed by atoms with Crippen LogP contribution in [0, 0.1) is 6.92 Å². The Kier molecular flexibility index (Phi) is 6.53. The maximum absolute atomic E-state index is 12.7. The highest BCUT2D eigenvalue weighted by atomic mass is 16.5. The van der Waals surface area contributed by atoms with Crippen LogP contribution >= 0.6 is 0 Å². The zero-order valence-corrected chi connectivity index (χ0v) is 18.6. The molecule has 2 N–H and O–H groups in total. The highest BCUT2D eigenvalue weighted by Gasteiger charge is 2.13. The van der Waals surface area contributed by atoms with E-state index in [1.165, 1.54) is 6.33 Å². The smallest absolute Gasteiger partial charge is 0.251 e. The molecule has 0 aliphatic heterocycles. The molecule has 0 unspecified atom stereocenters. The van der Waals surface area contributed by atoms with Gasteiger partial charge in [0.1, 0.15) is 12.0 Å². The molecule has 0 radical (unpaired) electrons. The minimum absolute atomic E-state index is 0.189. The number of anilines is 1. The molecule has 3 aromatic heterocycles. The topological polar surface area (TPSA) is 120 Å². The first-order valence-corrected chi connectivity index (χ1v) is 10.3. The fourth-order valence-electron chi connectivity index (χ4n) is 3.26. The van der Waals surface area contributed by atoms with Crippen LogP contribution in [0.3, 0.4) is 0 Å². The third kappa shape index (κ3) is 5.12. The van der Waals surface area contributed by atoms with Crippen molar-refractivity contribution in [2.75, 3.05) is 12.4 Å². The summed E-state index contributed by atoms with van der Waals surface area (Å²) in [7, 11) is 3.45. The van der Waals surface area contributed by atoms with E-state index in [4.69, 9.17) is 4.74 Å². The number of aryl methyl sites for hydroxylation is 1. The molecule has 0 fully saturated rings. The van der Waals surface area contributed by atoms with Crippen LogP contribution in [0.25, 0.3) is 11.5 Å². The van der Waals surface area contributed by atoms with Crippen molar-refractivity contribution in [2.24, 2.45) is 7.05 Å². The van der Waals surface area contributed by atoms with E-state index in [0.29, 0.717) is 36.1 Å². The van der Waals surface area contributed by atoms with E-state index in [0.717, 1.165) is 22.8 Å². The van der Waals surface area contributed by atoms with Gasteiger partial charge in [-0.15, -0.1) is 10.2 Å². The van der Waals surface area contributed by atoms with Gasteiger partial charge < -0.3 is 19.9 Å². The summed E-state index contributed by atoms with van der Waals surface area (Å²) in [6.07, 6.45) is 3.14. The van der Waals surface area contributed by atoms with Gasteiger partial charge in [-0.1, -0.05) is 12.1 Å². The van der Waals surface area contributed by atoms with Gasteiger partial charge in [-0.2, -0.15) is 0 Å². The van der Waals surface area contributed by atoms with E-state index in [1.807, 2.05) is 42.8 Å². The van der Waals surface area contributed by atoms with Crippen molar-refractivity contribution in [3.63, 3.8) is 0 Å². The molecule has 33 heavy (non-hydrogen) atoms. The van der Waals surface area contributed by atoms with Gasteiger partial charge in [-0.25, -0.2) is 15.0 Å². The fraction of sp³-hybridized carbons (Fsp3) is 0.217. The predicted octanol–water partition coefficient (Wildman–Crippen LogP) is 2.53. The first-order valence-electron chi connectivity index (χ1n) is 10.3. The molecule has 1 aromatic carbocycles. The normalized spacial score (nSPS) is 10.6. The Labute approximate surface area is 191 Å². The van der Waals surface area contributed by atoms with E-state index in [9.17, 15) is 4.79 Å². The van der Waals surface area contributed by atoms with Crippen molar-refractivity contribution in [1.82, 2.24) is 35.0 Å². The summed E-state index contributed by atoms with van der Waals surface area (Å²) >= 11 is 0. The van der Waals surface area contributed by atoms with Gasteiger partial charge in [-0.05, 0) is 37.3 Å². The summed E-state index contributed by atoms with van der Waals surface area (Å²) in [5.74, 6) is 1.71. The second-order valence-corrected chi connectivity index (χ2v) is 7.33. The van der Waals surface area contributed by atoms with Crippen LogP contribution < -0.4 is 15.4 Å². The van der Waals surface area contributed by atoms with Crippen molar-refractivity contribution < 1.29 is 9.53 Å². The summed E-state index contributed by atoms with van der Waals surface area (Å²) in [6, 6.07) is 12.8. The highest BCUT2D eigenvalue weighted by molar-refractivity contribution is 5.95. The molecule has 10 heteroatoms. The summed E-state index contributed by atoms with van der Waals surface area (Å²) in [6.45, 7) is 2.64. The van der Waals surface area contributed by atoms with Crippen LogP contribution in [0.1, 0.15) is 27.4 Å². The monoisotopic (exact) mass is 444 g/mol. The number of nitrogens with one attached hydrogen (secondary N) is 2. The zero-order valence-electron chi connectivity index (χ0n) is 18.6. The van der Waals surface area contributed by atoms with Crippen molar-refractivity contribution in [3.8, 4) is 17.4 Å². The Morgan fingerprint density at radius 1 is 1.12 bits per heavy atom. The molecule has 0 spiro atoms. The lowest BCUT2D eigenvalue weighted by Gasteiger charge is -2.11. The molecular weight excluding hydrogens is 420 g/mol. The third-order valence-electron chi connectivity index (χ3n) is 5.06. The minimum atomic E-state index is -0.189. The number of rotatable bonds is 8. The summed E-state index contributed by atoms with van der Waals surface area (Å²) in [5.41, 5.74) is 3.70. The highest BCUT2D eigenvalue weighted by Crippen LogP contribution is 2.17. The number of hydrogen-bond donors (Lipinski definition) is 2.